The van der Waals surface area contributed by atoms with E-state index < -0.39 is 5.97 Å². The van der Waals surface area contributed by atoms with E-state index in [1.54, 1.807) is 25.2 Å². The summed E-state index contributed by atoms with van der Waals surface area (Å²) in [5, 5.41) is 3.34. The fourth-order valence-corrected chi connectivity index (χ4v) is 4.90. The second kappa shape index (κ2) is 7.88. The Morgan fingerprint density at radius 3 is 2.69 bits per heavy atom. The highest BCUT2D eigenvalue weighted by atomic mass is 32.1. The lowest BCUT2D eigenvalue weighted by atomic mass is 10.2. The number of ether oxygens (including phenoxy) is 1. The molecule has 0 fully saturated rings. The molecule has 3 heterocycles. The number of carbonyl (C=O) groups is 1. The van der Waals surface area contributed by atoms with Gasteiger partial charge >= 0.3 is 5.97 Å². The third-order valence-electron chi connectivity index (χ3n) is 4.56. The second-order valence-electron chi connectivity index (χ2n) is 6.64. The van der Waals surface area contributed by atoms with Gasteiger partial charge < -0.3 is 4.74 Å². The topological polar surface area (TPSA) is 74.1 Å². The molecule has 0 aliphatic rings. The molecule has 3 aromatic heterocycles. The molecule has 0 N–H and O–H groups in total. The molecule has 0 aliphatic heterocycles. The minimum absolute atomic E-state index is 0.177. The number of thiazole rings is 1. The molecule has 6 nitrogen and oxygen atoms in total. The lowest BCUT2D eigenvalue weighted by molar-refractivity contribution is 0.0531. The van der Waals surface area contributed by atoms with E-state index in [1.807, 2.05) is 24.4 Å². The van der Waals surface area contributed by atoms with Gasteiger partial charge in [-0.2, -0.15) is 0 Å². The van der Waals surface area contributed by atoms with Gasteiger partial charge in [-0.15, -0.1) is 22.7 Å². The van der Waals surface area contributed by atoms with Crippen LogP contribution in [0.2, 0.25) is 0 Å². The van der Waals surface area contributed by atoms with Crippen LogP contribution in [0.25, 0.3) is 20.8 Å². The van der Waals surface area contributed by atoms with Gasteiger partial charge in [0.05, 0.1) is 30.6 Å². The normalized spacial score (nSPS) is 11.1. The highest BCUT2D eigenvalue weighted by molar-refractivity contribution is 7.20. The minimum atomic E-state index is -0.416. The lowest BCUT2D eigenvalue weighted by Gasteiger charge is -2.03. The number of nitrogens with zero attached hydrogens (tertiary/aromatic N) is 3. The van der Waals surface area contributed by atoms with Crippen molar-refractivity contribution >= 4 is 38.9 Å². The lowest BCUT2D eigenvalue weighted by Crippen LogP contribution is -2.21. The highest BCUT2D eigenvalue weighted by Crippen LogP contribution is 2.28. The second-order valence-corrected chi connectivity index (χ2v) is 8.50. The van der Waals surface area contributed by atoms with E-state index in [2.05, 4.69) is 22.1 Å². The van der Waals surface area contributed by atoms with E-state index in [9.17, 15) is 9.59 Å². The molecule has 4 aromatic rings. The van der Waals surface area contributed by atoms with Crippen LogP contribution in [0.1, 0.15) is 33.4 Å². The van der Waals surface area contributed by atoms with Gasteiger partial charge in [-0.05, 0) is 26.3 Å². The number of aryl methyl sites for hydroxylation is 2. The van der Waals surface area contributed by atoms with Crippen LogP contribution in [0.4, 0.5) is 0 Å². The third kappa shape index (κ3) is 3.73. The van der Waals surface area contributed by atoms with E-state index in [0.29, 0.717) is 27.2 Å². The summed E-state index contributed by atoms with van der Waals surface area (Å²) in [6.07, 6.45) is 1.51. The molecule has 0 unspecified atom stereocenters. The first kappa shape index (κ1) is 19.5. The number of esters is 1. The van der Waals surface area contributed by atoms with Crippen molar-refractivity contribution in [2.24, 2.45) is 0 Å². The van der Waals surface area contributed by atoms with Crippen molar-refractivity contribution in [3.05, 3.63) is 68.0 Å². The van der Waals surface area contributed by atoms with Gasteiger partial charge in [-0.25, -0.2) is 14.8 Å². The number of thiophene rings is 1. The van der Waals surface area contributed by atoms with Gasteiger partial charge in [-0.3, -0.25) is 9.36 Å². The van der Waals surface area contributed by atoms with E-state index in [1.165, 1.54) is 27.8 Å². The SMILES string of the molecule is CCOC(=O)c1sc2ncn(Cc3csc(-c4ccc(C)cc4)n3)c(=O)c2c1C. The van der Waals surface area contributed by atoms with Crippen LogP contribution in [0.3, 0.4) is 0 Å². The fraction of sp³-hybridized carbons (Fsp3) is 0.238. The summed E-state index contributed by atoms with van der Waals surface area (Å²) >= 11 is 2.74. The molecule has 0 saturated heterocycles. The van der Waals surface area contributed by atoms with E-state index in [-0.39, 0.29) is 12.2 Å². The van der Waals surface area contributed by atoms with Crippen LogP contribution in [0.15, 0.2) is 40.8 Å². The standard InChI is InChI=1S/C21H19N3O3S2/c1-4-27-21(26)17-13(3)16-19(29-17)22-11-24(20(16)25)9-15-10-28-18(23-15)14-7-5-12(2)6-8-14/h5-8,10-11H,4,9H2,1-3H3. The van der Waals surface area contributed by atoms with Gasteiger partial charge in [0.2, 0.25) is 0 Å². The zero-order chi connectivity index (χ0) is 20.5. The quantitative estimate of drug-likeness (QED) is 0.443. The molecular weight excluding hydrogens is 406 g/mol. The van der Waals surface area contributed by atoms with Crippen molar-refractivity contribution in [2.75, 3.05) is 6.61 Å². The fourth-order valence-electron chi connectivity index (χ4n) is 3.05. The maximum absolute atomic E-state index is 13.0. The summed E-state index contributed by atoms with van der Waals surface area (Å²) in [6.45, 7) is 6.18. The Balaban J connectivity index is 1.66. The Morgan fingerprint density at radius 1 is 1.21 bits per heavy atom. The van der Waals surface area contributed by atoms with Crippen LogP contribution in [-0.4, -0.2) is 27.1 Å². The monoisotopic (exact) mass is 425 g/mol. The molecule has 0 aliphatic carbocycles. The number of hydrogen-bond acceptors (Lipinski definition) is 7. The minimum Gasteiger partial charge on any atom is -0.462 e. The summed E-state index contributed by atoms with van der Waals surface area (Å²) in [5.74, 6) is -0.416. The Kier molecular flexibility index (Phi) is 5.29. The Bertz CT molecular complexity index is 1250. The first-order valence-electron chi connectivity index (χ1n) is 9.15. The Labute approximate surface area is 175 Å². The van der Waals surface area contributed by atoms with Crippen molar-refractivity contribution in [3.63, 3.8) is 0 Å². The molecular formula is C21H19N3O3S2. The van der Waals surface area contributed by atoms with Crippen molar-refractivity contribution in [3.8, 4) is 10.6 Å². The molecule has 4 rings (SSSR count). The zero-order valence-corrected chi connectivity index (χ0v) is 17.9. The molecule has 0 bridgehead atoms. The largest absolute Gasteiger partial charge is 0.462 e. The van der Waals surface area contributed by atoms with Crippen molar-refractivity contribution in [1.82, 2.24) is 14.5 Å². The number of rotatable bonds is 5. The van der Waals surface area contributed by atoms with E-state index in [0.717, 1.165) is 16.3 Å². The number of hydrogen-bond donors (Lipinski definition) is 0. The maximum atomic E-state index is 13.0. The molecule has 0 saturated carbocycles. The number of benzene rings is 1. The number of carbonyl (C=O) groups excluding carboxylic acids is 1. The maximum Gasteiger partial charge on any atom is 0.348 e. The van der Waals surface area contributed by atoms with Crippen molar-refractivity contribution in [1.29, 1.82) is 0 Å². The average molecular weight is 426 g/mol. The molecule has 1 aromatic carbocycles. The predicted octanol–water partition coefficient (Wildman–Crippen LogP) is 4.42. The summed E-state index contributed by atoms with van der Waals surface area (Å²) in [4.78, 5) is 35.2. The molecule has 0 spiro atoms. The molecule has 29 heavy (non-hydrogen) atoms. The molecule has 0 atom stereocenters. The number of aromatic nitrogens is 3. The van der Waals surface area contributed by atoms with Gasteiger partial charge in [0, 0.05) is 10.9 Å². The summed E-state index contributed by atoms with van der Waals surface area (Å²) in [6, 6.07) is 8.20. The first-order valence-corrected chi connectivity index (χ1v) is 10.8. The zero-order valence-electron chi connectivity index (χ0n) is 16.3. The van der Waals surface area contributed by atoms with Gasteiger partial charge in [0.15, 0.2) is 0 Å². The molecule has 0 amide bonds. The number of fused-ring (bicyclic) bond motifs is 1. The van der Waals surface area contributed by atoms with Crippen LogP contribution < -0.4 is 5.56 Å². The molecule has 148 valence electrons. The van der Waals surface area contributed by atoms with Crippen LogP contribution >= 0.6 is 22.7 Å². The predicted molar refractivity (Wildman–Crippen MR) is 116 cm³/mol. The van der Waals surface area contributed by atoms with Gasteiger partial charge in [0.1, 0.15) is 14.7 Å². The Morgan fingerprint density at radius 2 is 1.97 bits per heavy atom. The Hall–Kier alpha value is -2.84. The first-order chi connectivity index (χ1) is 14.0. The summed E-state index contributed by atoms with van der Waals surface area (Å²) in [5.41, 5.74) is 3.50. The average Bonchev–Trinajstić information content (AvgIpc) is 3.30. The van der Waals surface area contributed by atoms with Crippen molar-refractivity contribution < 1.29 is 9.53 Å². The van der Waals surface area contributed by atoms with Gasteiger partial charge in [0.25, 0.3) is 5.56 Å². The van der Waals surface area contributed by atoms with Crippen LogP contribution in [0.5, 0.6) is 0 Å². The molecule has 8 heteroatoms. The summed E-state index contributed by atoms with van der Waals surface area (Å²) in [7, 11) is 0. The van der Waals surface area contributed by atoms with Crippen molar-refractivity contribution in [2.45, 2.75) is 27.3 Å². The molecule has 0 radical (unpaired) electrons. The van der Waals surface area contributed by atoms with Gasteiger partial charge in [-0.1, -0.05) is 29.8 Å². The van der Waals surface area contributed by atoms with Crippen LogP contribution in [0, 0.1) is 13.8 Å². The van der Waals surface area contributed by atoms with Crippen LogP contribution in [-0.2, 0) is 11.3 Å². The van der Waals surface area contributed by atoms with E-state index in [4.69, 9.17) is 4.74 Å². The highest BCUT2D eigenvalue weighted by Gasteiger charge is 2.20. The smallest absolute Gasteiger partial charge is 0.348 e. The third-order valence-corrected chi connectivity index (χ3v) is 6.68. The summed E-state index contributed by atoms with van der Waals surface area (Å²) < 4.78 is 6.62. The van der Waals surface area contributed by atoms with E-state index >= 15 is 0 Å².